The van der Waals surface area contributed by atoms with Crippen molar-refractivity contribution in [3.8, 4) is 0 Å². The average molecular weight is 218 g/mol. The Morgan fingerprint density at radius 3 is 2.14 bits per heavy atom. The van der Waals surface area contributed by atoms with Crippen LogP contribution < -0.4 is 0 Å². The zero-order chi connectivity index (χ0) is 10.9. The zero-order valence-corrected chi connectivity index (χ0v) is 8.02. The monoisotopic (exact) mass is 218 g/mol. The van der Waals surface area contributed by atoms with Gasteiger partial charge in [0.2, 0.25) is 0 Å². The minimum absolute atomic E-state index is 0.243. The van der Waals surface area contributed by atoms with E-state index < -0.39 is 28.2 Å². The van der Waals surface area contributed by atoms with Gasteiger partial charge in [-0.05, 0) is 6.42 Å². The molecular weight excluding hydrogens is 211 g/mol. The van der Waals surface area contributed by atoms with E-state index in [1.165, 1.54) is 0 Å². The molecule has 76 valence electrons. The lowest BCUT2D eigenvalue weighted by molar-refractivity contribution is 0.0648. The lowest BCUT2D eigenvalue weighted by Crippen LogP contribution is -2.08. The Kier molecular flexibility index (Phi) is 2.85. The molecular formula is C8H7FO4S. The van der Waals surface area contributed by atoms with Gasteiger partial charge in [0, 0.05) is 4.88 Å². The molecule has 2 N–H and O–H groups in total. The van der Waals surface area contributed by atoms with E-state index in [4.69, 9.17) is 10.2 Å². The first kappa shape index (κ1) is 10.6. The number of carboxylic acids is 2. The minimum Gasteiger partial charge on any atom is -0.478 e. The maximum atomic E-state index is 13.0. The molecule has 4 nitrogen and oxygen atoms in total. The molecule has 1 heterocycles. The van der Waals surface area contributed by atoms with Gasteiger partial charge in [0.25, 0.3) is 0 Å². The Hall–Kier alpha value is -1.43. The minimum atomic E-state index is -1.55. The predicted octanol–water partition coefficient (Wildman–Crippen LogP) is 1.85. The Labute approximate surface area is 82.6 Å². The summed E-state index contributed by atoms with van der Waals surface area (Å²) in [6.45, 7) is 1.64. The van der Waals surface area contributed by atoms with Crippen molar-refractivity contribution >= 4 is 23.3 Å². The van der Waals surface area contributed by atoms with Crippen LogP contribution in [0.4, 0.5) is 4.39 Å². The second-order valence-electron chi connectivity index (χ2n) is 2.51. The highest BCUT2D eigenvalue weighted by atomic mass is 32.1. The van der Waals surface area contributed by atoms with E-state index in [1.54, 1.807) is 6.92 Å². The number of carbonyl (C=O) groups is 2. The summed E-state index contributed by atoms with van der Waals surface area (Å²) in [5.74, 6) is -2.95. The number of carboxylic acid groups (broad SMARTS) is 2. The van der Waals surface area contributed by atoms with Crippen molar-refractivity contribution in [1.29, 1.82) is 0 Å². The first-order valence-electron chi connectivity index (χ1n) is 3.76. The van der Waals surface area contributed by atoms with Gasteiger partial charge in [0.1, 0.15) is 5.56 Å². The molecule has 6 heteroatoms. The van der Waals surface area contributed by atoms with Gasteiger partial charge in [-0.2, -0.15) is 4.39 Å². The summed E-state index contributed by atoms with van der Waals surface area (Å²) >= 11 is 0.569. The standard InChI is InChI=1S/C8H7FO4S/c1-2-3-4(7(10)11)5(8(12)13)6(9)14-3/h2H2,1H3,(H,10,11)(H,12,13). The summed E-state index contributed by atoms with van der Waals surface area (Å²) in [4.78, 5) is 21.5. The molecule has 14 heavy (non-hydrogen) atoms. The third-order valence-electron chi connectivity index (χ3n) is 1.69. The highest BCUT2D eigenvalue weighted by Crippen LogP contribution is 2.27. The van der Waals surface area contributed by atoms with Crippen LogP contribution in [0.25, 0.3) is 0 Å². The number of hydrogen-bond donors (Lipinski definition) is 2. The highest BCUT2D eigenvalue weighted by Gasteiger charge is 2.27. The van der Waals surface area contributed by atoms with Crippen LogP contribution in [0.3, 0.4) is 0 Å². The number of rotatable bonds is 3. The molecule has 0 bridgehead atoms. The number of aromatic carboxylic acids is 2. The predicted molar refractivity (Wildman–Crippen MR) is 47.6 cm³/mol. The second kappa shape index (κ2) is 3.75. The second-order valence-corrected chi connectivity index (χ2v) is 3.57. The molecule has 0 atom stereocenters. The topological polar surface area (TPSA) is 74.6 Å². The third-order valence-corrected chi connectivity index (χ3v) is 2.81. The summed E-state index contributed by atoms with van der Waals surface area (Å²) < 4.78 is 13.0. The number of aryl methyl sites for hydroxylation is 1. The molecule has 0 aliphatic rings. The Balaban J connectivity index is 3.46. The lowest BCUT2D eigenvalue weighted by Gasteiger charge is -1.96. The molecule has 0 spiro atoms. The van der Waals surface area contributed by atoms with E-state index in [2.05, 4.69) is 0 Å². The quantitative estimate of drug-likeness (QED) is 0.811. The number of halogens is 1. The molecule has 0 amide bonds. The molecule has 0 fully saturated rings. The summed E-state index contributed by atoms with van der Waals surface area (Å²) in [5.41, 5.74) is -1.16. The number of hydrogen-bond acceptors (Lipinski definition) is 3. The molecule has 0 aliphatic carbocycles. The van der Waals surface area contributed by atoms with Gasteiger partial charge in [-0.15, -0.1) is 11.3 Å². The summed E-state index contributed by atoms with van der Waals surface area (Å²) in [5, 5.41) is 16.4. The normalized spacial score (nSPS) is 10.1. The van der Waals surface area contributed by atoms with Crippen molar-refractivity contribution in [3.05, 3.63) is 21.1 Å². The fourth-order valence-electron chi connectivity index (χ4n) is 1.11. The fraction of sp³-hybridized carbons (Fsp3) is 0.250. The van der Waals surface area contributed by atoms with E-state index in [-0.39, 0.29) is 4.88 Å². The first-order chi connectivity index (χ1) is 6.49. The van der Waals surface area contributed by atoms with Crippen LogP contribution in [0.15, 0.2) is 0 Å². The molecule has 0 aliphatic heterocycles. The molecule has 1 rings (SSSR count). The zero-order valence-electron chi connectivity index (χ0n) is 7.20. The number of thiophene rings is 1. The van der Waals surface area contributed by atoms with Gasteiger partial charge >= 0.3 is 11.9 Å². The summed E-state index contributed by atoms with van der Waals surface area (Å²) in [7, 11) is 0. The molecule has 0 saturated heterocycles. The van der Waals surface area contributed by atoms with Crippen LogP contribution in [0.5, 0.6) is 0 Å². The van der Waals surface area contributed by atoms with Crippen LogP contribution >= 0.6 is 11.3 Å². The van der Waals surface area contributed by atoms with Crippen LogP contribution in [0.2, 0.25) is 0 Å². The largest absolute Gasteiger partial charge is 0.478 e. The van der Waals surface area contributed by atoms with Crippen molar-refractivity contribution < 1.29 is 24.2 Å². The third kappa shape index (κ3) is 1.60. The van der Waals surface area contributed by atoms with Gasteiger partial charge in [-0.25, -0.2) is 9.59 Å². The highest BCUT2D eigenvalue weighted by molar-refractivity contribution is 7.11. The van der Waals surface area contributed by atoms with Crippen molar-refractivity contribution in [2.24, 2.45) is 0 Å². The maximum Gasteiger partial charge on any atom is 0.340 e. The van der Waals surface area contributed by atoms with E-state index in [9.17, 15) is 14.0 Å². The molecule has 0 aromatic carbocycles. The summed E-state index contributed by atoms with van der Waals surface area (Å²) in [6, 6.07) is 0. The molecule has 0 saturated carbocycles. The maximum absolute atomic E-state index is 13.0. The Bertz CT molecular complexity index is 396. The van der Waals surface area contributed by atoms with Crippen LogP contribution in [0, 0.1) is 5.13 Å². The van der Waals surface area contributed by atoms with Gasteiger partial charge in [0.05, 0.1) is 5.56 Å². The van der Waals surface area contributed by atoms with Crippen LogP contribution in [-0.2, 0) is 6.42 Å². The van der Waals surface area contributed by atoms with E-state index in [1.807, 2.05) is 0 Å². The van der Waals surface area contributed by atoms with E-state index in [0.717, 1.165) is 0 Å². The van der Waals surface area contributed by atoms with Gasteiger partial charge < -0.3 is 10.2 Å². The Morgan fingerprint density at radius 1 is 1.29 bits per heavy atom. The van der Waals surface area contributed by atoms with Crippen molar-refractivity contribution in [2.75, 3.05) is 0 Å². The van der Waals surface area contributed by atoms with Crippen LogP contribution in [0.1, 0.15) is 32.5 Å². The SMILES string of the molecule is CCc1sc(F)c(C(=O)O)c1C(=O)O. The Morgan fingerprint density at radius 2 is 1.79 bits per heavy atom. The van der Waals surface area contributed by atoms with Crippen molar-refractivity contribution in [3.63, 3.8) is 0 Å². The van der Waals surface area contributed by atoms with Crippen LogP contribution in [-0.4, -0.2) is 22.2 Å². The lowest BCUT2D eigenvalue weighted by atomic mass is 10.1. The van der Waals surface area contributed by atoms with Crippen molar-refractivity contribution in [1.82, 2.24) is 0 Å². The van der Waals surface area contributed by atoms with Gasteiger partial charge in [0.15, 0.2) is 5.13 Å². The van der Waals surface area contributed by atoms with Crippen molar-refractivity contribution in [2.45, 2.75) is 13.3 Å². The first-order valence-corrected chi connectivity index (χ1v) is 4.58. The average Bonchev–Trinajstić information content (AvgIpc) is 2.41. The smallest absolute Gasteiger partial charge is 0.340 e. The fourth-order valence-corrected chi connectivity index (χ4v) is 2.06. The molecule has 1 aromatic rings. The molecule has 1 aromatic heterocycles. The molecule has 0 unspecified atom stereocenters. The molecule has 0 radical (unpaired) electrons. The summed E-state index contributed by atoms with van der Waals surface area (Å²) in [6.07, 6.45) is 0.302. The van der Waals surface area contributed by atoms with Gasteiger partial charge in [-0.1, -0.05) is 6.92 Å². The van der Waals surface area contributed by atoms with Gasteiger partial charge in [-0.3, -0.25) is 0 Å². The van der Waals surface area contributed by atoms with E-state index in [0.29, 0.717) is 17.8 Å². The van der Waals surface area contributed by atoms with E-state index >= 15 is 0 Å².